The Kier molecular flexibility index (Phi) is 7.13. The first-order valence-electron chi connectivity index (χ1n) is 9.42. The van der Waals surface area contributed by atoms with Crippen molar-refractivity contribution in [3.8, 4) is 0 Å². The molecular weight excluding hydrogens is 340 g/mol. The SMILES string of the molecule is O=C(O)C1=CCCN(CCOC/N=C(/C2=CC=CCC2)c2ccccc2)C1. The molecule has 1 aliphatic carbocycles. The molecule has 0 aromatic heterocycles. The van der Waals surface area contributed by atoms with Gasteiger partial charge in [-0.3, -0.25) is 9.89 Å². The van der Waals surface area contributed by atoms with Gasteiger partial charge in [0.15, 0.2) is 0 Å². The first-order valence-corrected chi connectivity index (χ1v) is 9.42. The molecule has 1 heterocycles. The Hall–Kier alpha value is -2.50. The average molecular weight is 366 g/mol. The molecule has 0 amide bonds. The molecule has 142 valence electrons. The van der Waals surface area contributed by atoms with E-state index < -0.39 is 5.97 Å². The molecule has 0 radical (unpaired) electrons. The van der Waals surface area contributed by atoms with Gasteiger partial charge in [0, 0.05) is 30.8 Å². The van der Waals surface area contributed by atoms with Gasteiger partial charge >= 0.3 is 5.97 Å². The predicted octanol–water partition coefficient (Wildman–Crippen LogP) is 3.44. The van der Waals surface area contributed by atoms with Gasteiger partial charge in [0.1, 0.15) is 6.73 Å². The van der Waals surface area contributed by atoms with Crippen molar-refractivity contribution in [1.82, 2.24) is 4.90 Å². The fraction of sp³-hybridized carbons (Fsp3) is 0.364. The van der Waals surface area contributed by atoms with Crippen LogP contribution in [0, 0.1) is 0 Å². The van der Waals surface area contributed by atoms with Gasteiger partial charge in [0.25, 0.3) is 0 Å². The Labute approximate surface area is 160 Å². The van der Waals surface area contributed by atoms with Gasteiger partial charge < -0.3 is 9.84 Å². The molecule has 0 fully saturated rings. The molecule has 1 aliphatic heterocycles. The van der Waals surface area contributed by atoms with Crippen LogP contribution in [0.2, 0.25) is 0 Å². The van der Waals surface area contributed by atoms with Gasteiger partial charge in [0.05, 0.1) is 12.3 Å². The summed E-state index contributed by atoms with van der Waals surface area (Å²) in [6.07, 6.45) is 11.0. The zero-order valence-electron chi connectivity index (χ0n) is 15.5. The van der Waals surface area contributed by atoms with Crippen LogP contribution >= 0.6 is 0 Å². The molecule has 1 aromatic rings. The highest BCUT2D eigenvalue weighted by Crippen LogP contribution is 2.18. The number of allylic oxidation sites excluding steroid dienone is 4. The van der Waals surface area contributed by atoms with E-state index in [4.69, 9.17) is 14.8 Å². The third-order valence-electron chi connectivity index (χ3n) is 4.74. The second-order valence-electron chi connectivity index (χ2n) is 6.67. The average Bonchev–Trinajstić information content (AvgIpc) is 2.72. The van der Waals surface area contributed by atoms with E-state index in [-0.39, 0.29) is 0 Å². The minimum Gasteiger partial charge on any atom is -0.478 e. The first kappa shape index (κ1) is 19.3. The van der Waals surface area contributed by atoms with Crippen LogP contribution in [0.5, 0.6) is 0 Å². The Balaban J connectivity index is 1.53. The van der Waals surface area contributed by atoms with Crippen LogP contribution in [0.25, 0.3) is 0 Å². The predicted molar refractivity (Wildman–Crippen MR) is 107 cm³/mol. The van der Waals surface area contributed by atoms with Crippen molar-refractivity contribution in [3.05, 3.63) is 71.3 Å². The molecule has 0 saturated carbocycles. The highest BCUT2D eigenvalue weighted by atomic mass is 16.5. The van der Waals surface area contributed by atoms with E-state index in [9.17, 15) is 4.79 Å². The standard InChI is InChI=1S/C22H26N2O3/c25-22(26)20-12-7-13-24(16-20)14-15-27-17-23-21(18-8-3-1-4-9-18)19-10-5-2-6-11-19/h1-5,8-10,12H,6-7,11,13-17H2,(H,25,26)/b23-21+. The molecule has 0 spiro atoms. The summed E-state index contributed by atoms with van der Waals surface area (Å²) >= 11 is 0. The molecule has 2 aliphatic rings. The third-order valence-corrected chi connectivity index (χ3v) is 4.74. The van der Waals surface area contributed by atoms with Crippen molar-refractivity contribution in [1.29, 1.82) is 0 Å². The van der Waals surface area contributed by atoms with Gasteiger partial charge in [-0.1, -0.05) is 54.6 Å². The molecule has 1 aromatic carbocycles. The van der Waals surface area contributed by atoms with Crippen LogP contribution < -0.4 is 0 Å². The van der Waals surface area contributed by atoms with E-state index in [0.717, 1.165) is 37.1 Å². The van der Waals surface area contributed by atoms with E-state index in [1.807, 2.05) is 24.3 Å². The summed E-state index contributed by atoms with van der Waals surface area (Å²) in [5.41, 5.74) is 3.81. The number of carbonyl (C=O) groups is 1. The quantitative estimate of drug-likeness (QED) is 0.565. The zero-order valence-corrected chi connectivity index (χ0v) is 15.5. The van der Waals surface area contributed by atoms with E-state index in [1.165, 1.54) is 5.57 Å². The van der Waals surface area contributed by atoms with Crippen LogP contribution in [0.15, 0.2) is 70.8 Å². The van der Waals surface area contributed by atoms with Gasteiger partial charge in [0.2, 0.25) is 0 Å². The molecule has 27 heavy (non-hydrogen) atoms. The number of aliphatic imine (C=N–C) groups is 1. The van der Waals surface area contributed by atoms with Crippen LogP contribution in [-0.4, -0.2) is 54.7 Å². The summed E-state index contributed by atoms with van der Waals surface area (Å²) in [5, 5.41) is 9.10. The summed E-state index contributed by atoms with van der Waals surface area (Å²) in [4.78, 5) is 17.9. The summed E-state index contributed by atoms with van der Waals surface area (Å²) < 4.78 is 5.73. The lowest BCUT2D eigenvalue weighted by Crippen LogP contribution is -2.34. The Morgan fingerprint density at radius 3 is 2.78 bits per heavy atom. The smallest absolute Gasteiger partial charge is 0.332 e. The topological polar surface area (TPSA) is 62.1 Å². The van der Waals surface area contributed by atoms with Crippen molar-refractivity contribution in [2.45, 2.75) is 19.3 Å². The molecule has 1 N–H and O–H groups in total. The fourth-order valence-corrected chi connectivity index (χ4v) is 3.29. The molecule has 3 rings (SSSR count). The molecule has 0 unspecified atom stereocenters. The minimum atomic E-state index is -0.826. The number of rotatable bonds is 8. The van der Waals surface area contributed by atoms with Crippen molar-refractivity contribution in [3.63, 3.8) is 0 Å². The lowest BCUT2D eigenvalue weighted by Gasteiger charge is -2.25. The normalized spacial score (nSPS) is 18.1. The summed E-state index contributed by atoms with van der Waals surface area (Å²) in [7, 11) is 0. The number of aliphatic carboxylic acids is 1. The molecular formula is C22H26N2O3. The first-order chi connectivity index (χ1) is 13.2. The zero-order chi connectivity index (χ0) is 18.9. The van der Waals surface area contributed by atoms with Gasteiger partial charge in [-0.15, -0.1) is 0 Å². The lowest BCUT2D eigenvalue weighted by atomic mass is 9.95. The summed E-state index contributed by atoms with van der Waals surface area (Å²) in [5.74, 6) is -0.826. The molecule has 0 bridgehead atoms. The van der Waals surface area contributed by atoms with Crippen LogP contribution in [0.1, 0.15) is 24.8 Å². The van der Waals surface area contributed by atoms with Gasteiger partial charge in [-0.25, -0.2) is 4.79 Å². The largest absolute Gasteiger partial charge is 0.478 e. The van der Waals surface area contributed by atoms with Crippen molar-refractivity contribution < 1.29 is 14.6 Å². The highest BCUT2D eigenvalue weighted by molar-refractivity contribution is 6.12. The number of carboxylic acid groups (broad SMARTS) is 1. The Morgan fingerprint density at radius 1 is 1.19 bits per heavy atom. The summed E-state index contributed by atoms with van der Waals surface area (Å²) in [6.45, 7) is 2.92. The number of nitrogens with zero attached hydrogens (tertiary/aromatic N) is 2. The van der Waals surface area contributed by atoms with E-state index in [1.54, 1.807) is 0 Å². The number of hydrogen-bond donors (Lipinski definition) is 1. The fourth-order valence-electron chi connectivity index (χ4n) is 3.29. The third kappa shape index (κ3) is 5.74. The monoisotopic (exact) mass is 366 g/mol. The lowest BCUT2D eigenvalue weighted by molar-refractivity contribution is -0.133. The van der Waals surface area contributed by atoms with Gasteiger partial charge in [-0.05, 0) is 24.8 Å². The molecule has 0 atom stereocenters. The maximum atomic E-state index is 11.1. The maximum Gasteiger partial charge on any atom is 0.332 e. The number of hydrogen-bond acceptors (Lipinski definition) is 4. The van der Waals surface area contributed by atoms with E-state index >= 15 is 0 Å². The molecule has 5 heteroatoms. The van der Waals surface area contributed by atoms with Crippen molar-refractivity contribution >= 4 is 11.7 Å². The Morgan fingerprint density at radius 2 is 2.04 bits per heavy atom. The van der Waals surface area contributed by atoms with Crippen molar-refractivity contribution in [2.75, 3.05) is 33.0 Å². The van der Waals surface area contributed by atoms with Crippen LogP contribution in [0.3, 0.4) is 0 Å². The maximum absolute atomic E-state index is 11.1. The van der Waals surface area contributed by atoms with Crippen molar-refractivity contribution in [2.24, 2.45) is 4.99 Å². The van der Waals surface area contributed by atoms with Crippen LogP contribution in [0.4, 0.5) is 0 Å². The summed E-state index contributed by atoms with van der Waals surface area (Å²) in [6, 6.07) is 10.2. The van der Waals surface area contributed by atoms with Crippen LogP contribution in [-0.2, 0) is 9.53 Å². The van der Waals surface area contributed by atoms with E-state index in [0.29, 0.717) is 32.0 Å². The second kappa shape index (κ2) is 10.00. The minimum absolute atomic E-state index is 0.306. The molecule has 5 nitrogen and oxygen atoms in total. The molecule has 0 saturated heterocycles. The highest BCUT2D eigenvalue weighted by Gasteiger charge is 2.17. The Bertz CT molecular complexity index is 763. The number of ether oxygens (including phenoxy) is 1. The number of benzene rings is 1. The van der Waals surface area contributed by atoms with E-state index in [2.05, 4.69) is 35.3 Å². The number of carboxylic acids is 1. The second-order valence-corrected chi connectivity index (χ2v) is 6.67. The van der Waals surface area contributed by atoms with Gasteiger partial charge in [-0.2, -0.15) is 0 Å².